The molecule has 0 radical (unpaired) electrons. The Balaban J connectivity index is 1.31. The minimum atomic E-state index is -0.278. The molecule has 0 atom stereocenters. The van der Waals surface area contributed by atoms with Crippen LogP contribution < -0.4 is 10.6 Å². The maximum absolute atomic E-state index is 12.3. The molecule has 33 heavy (non-hydrogen) atoms. The van der Waals surface area contributed by atoms with Gasteiger partial charge in [0.2, 0.25) is 0 Å². The van der Waals surface area contributed by atoms with Crippen LogP contribution in [0.4, 0.5) is 11.5 Å². The second-order valence-corrected chi connectivity index (χ2v) is 7.11. The molecule has 0 bridgehead atoms. The maximum atomic E-state index is 12.3. The number of anilines is 2. The van der Waals surface area contributed by atoms with Crippen molar-refractivity contribution in [1.82, 2.24) is 24.9 Å². The molecule has 0 saturated carbocycles. The monoisotopic (exact) mass is 435 g/mol. The number of nitrogens with zero attached hydrogens (tertiary/aromatic N) is 4. The number of fused-ring (bicyclic) bond motifs is 1. The van der Waals surface area contributed by atoms with Crippen molar-refractivity contribution in [3.8, 4) is 11.4 Å². The third kappa shape index (κ3) is 4.42. The Labute approximate surface area is 188 Å². The number of imidazole rings is 1. The summed E-state index contributed by atoms with van der Waals surface area (Å²) in [6, 6.07) is 17.4. The Morgan fingerprint density at radius 1 is 0.818 bits per heavy atom. The van der Waals surface area contributed by atoms with E-state index in [1.807, 2.05) is 12.1 Å². The number of amides is 2. The predicted octanol–water partition coefficient (Wildman–Crippen LogP) is 3.92. The van der Waals surface area contributed by atoms with E-state index in [1.165, 1.54) is 0 Å². The van der Waals surface area contributed by atoms with Crippen molar-refractivity contribution < 1.29 is 9.59 Å². The summed E-state index contributed by atoms with van der Waals surface area (Å²) >= 11 is 0. The zero-order valence-corrected chi connectivity index (χ0v) is 17.2. The first-order valence-corrected chi connectivity index (χ1v) is 10.1. The van der Waals surface area contributed by atoms with Crippen LogP contribution in [0.2, 0.25) is 0 Å². The van der Waals surface area contributed by atoms with Gasteiger partial charge in [-0.2, -0.15) is 0 Å². The number of hydrogen-bond acceptors (Lipinski definition) is 6. The van der Waals surface area contributed by atoms with Crippen molar-refractivity contribution in [2.75, 3.05) is 10.6 Å². The number of pyridine rings is 3. The summed E-state index contributed by atoms with van der Waals surface area (Å²) in [5.41, 5.74) is 3.72. The van der Waals surface area contributed by atoms with Crippen molar-refractivity contribution in [2.24, 2.45) is 0 Å². The van der Waals surface area contributed by atoms with Crippen LogP contribution in [0.15, 0.2) is 85.5 Å². The topological polar surface area (TPSA) is 126 Å². The number of benzene rings is 1. The van der Waals surface area contributed by atoms with Gasteiger partial charge in [-0.15, -0.1) is 0 Å². The summed E-state index contributed by atoms with van der Waals surface area (Å²) in [6.45, 7) is 0. The zero-order valence-electron chi connectivity index (χ0n) is 17.2. The Morgan fingerprint density at radius 3 is 2.39 bits per heavy atom. The molecule has 0 saturated heterocycles. The fraction of sp³-hybridized carbons (Fsp3) is 0. The molecular formula is C24H17N7O2. The molecule has 5 rings (SSSR count). The summed E-state index contributed by atoms with van der Waals surface area (Å²) in [5.74, 6) is 0.491. The van der Waals surface area contributed by atoms with Crippen LogP contribution in [-0.4, -0.2) is 36.7 Å². The van der Waals surface area contributed by atoms with E-state index in [9.17, 15) is 9.59 Å². The first-order valence-electron chi connectivity index (χ1n) is 10.1. The van der Waals surface area contributed by atoms with Gasteiger partial charge in [0, 0.05) is 41.5 Å². The molecule has 9 nitrogen and oxygen atoms in total. The molecule has 0 aliphatic rings. The van der Waals surface area contributed by atoms with E-state index in [1.54, 1.807) is 73.3 Å². The fourth-order valence-corrected chi connectivity index (χ4v) is 3.21. The summed E-state index contributed by atoms with van der Waals surface area (Å²) in [6.07, 6.45) is 6.31. The molecule has 2 amide bonds. The lowest BCUT2D eigenvalue weighted by Gasteiger charge is -2.05. The van der Waals surface area contributed by atoms with Gasteiger partial charge in [-0.1, -0.05) is 6.07 Å². The molecule has 4 aromatic heterocycles. The Kier molecular flexibility index (Phi) is 5.26. The number of aromatic amines is 1. The van der Waals surface area contributed by atoms with Crippen LogP contribution in [0.1, 0.15) is 20.8 Å². The lowest BCUT2D eigenvalue weighted by atomic mass is 10.2. The van der Waals surface area contributed by atoms with Crippen molar-refractivity contribution in [1.29, 1.82) is 0 Å². The van der Waals surface area contributed by atoms with E-state index in [0.717, 1.165) is 11.1 Å². The summed E-state index contributed by atoms with van der Waals surface area (Å²) in [5, 5.41) is 5.58. The zero-order chi connectivity index (χ0) is 22.6. The Morgan fingerprint density at radius 2 is 1.64 bits per heavy atom. The van der Waals surface area contributed by atoms with Gasteiger partial charge in [0.05, 0.1) is 17.2 Å². The van der Waals surface area contributed by atoms with Crippen molar-refractivity contribution in [3.63, 3.8) is 0 Å². The second kappa shape index (κ2) is 8.67. The van der Waals surface area contributed by atoms with E-state index in [2.05, 4.69) is 35.6 Å². The molecule has 5 aromatic rings. The number of aromatic nitrogens is 5. The van der Waals surface area contributed by atoms with Crippen molar-refractivity contribution >= 4 is 34.4 Å². The summed E-state index contributed by atoms with van der Waals surface area (Å²) in [4.78, 5) is 44.6. The summed E-state index contributed by atoms with van der Waals surface area (Å²) in [7, 11) is 0. The average Bonchev–Trinajstić information content (AvgIpc) is 3.29. The normalized spacial score (nSPS) is 10.7. The van der Waals surface area contributed by atoms with Crippen LogP contribution in [0, 0.1) is 0 Å². The minimum absolute atomic E-state index is 0.275. The highest BCUT2D eigenvalue weighted by molar-refractivity contribution is 6.04. The molecule has 160 valence electrons. The van der Waals surface area contributed by atoms with Crippen LogP contribution in [0.25, 0.3) is 22.4 Å². The predicted molar refractivity (Wildman–Crippen MR) is 124 cm³/mol. The highest BCUT2D eigenvalue weighted by Gasteiger charge is 2.11. The van der Waals surface area contributed by atoms with Gasteiger partial charge in [0.25, 0.3) is 11.8 Å². The molecule has 4 heterocycles. The SMILES string of the molecule is O=C(Nc1cc2nc(-c3ccc(NC(=O)c4ccccn4)cc3)[nH]c2cn1)c1ccncc1. The molecular weight excluding hydrogens is 418 g/mol. The number of hydrogen-bond donors (Lipinski definition) is 3. The lowest BCUT2D eigenvalue weighted by Crippen LogP contribution is -2.13. The van der Waals surface area contributed by atoms with Crippen molar-refractivity contribution in [2.45, 2.75) is 0 Å². The molecule has 9 heteroatoms. The fourth-order valence-electron chi connectivity index (χ4n) is 3.21. The third-order valence-corrected chi connectivity index (χ3v) is 4.87. The number of rotatable bonds is 5. The van der Waals surface area contributed by atoms with E-state index in [0.29, 0.717) is 34.1 Å². The van der Waals surface area contributed by atoms with Crippen LogP contribution in [0.5, 0.6) is 0 Å². The first-order chi connectivity index (χ1) is 16.2. The summed E-state index contributed by atoms with van der Waals surface area (Å²) < 4.78 is 0. The lowest BCUT2D eigenvalue weighted by molar-refractivity contribution is 0.101. The molecule has 0 spiro atoms. The van der Waals surface area contributed by atoms with E-state index in [4.69, 9.17) is 0 Å². The number of H-pyrrole nitrogens is 1. The third-order valence-electron chi connectivity index (χ3n) is 4.87. The van der Waals surface area contributed by atoms with Crippen LogP contribution in [0.3, 0.4) is 0 Å². The van der Waals surface area contributed by atoms with Gasteiger partial charge >= 0.3 is 0 Å². The van der Waals surface area contributed by atoms with Crippen molar-refractivity contribution in [3.05, 3.63) is 96.7 Å². The van der Waals surface area contributed by atoms with Gasteiger partial charge in [-0.05, 0) is 48.5 Å². The van der Waals surface area contributed by atoms with Gasteiger partial charge in [-0.25, -0.2) is 9.97 Å². The minimum Gasteiger partial charge on any atom is -0.337 e. The van der Waals surface area contributed by atoms with Gasteiger partial charge in [-0.3, -0.25) is 19.6 Å². The molecule has 0 aliphatic carbocycles. The smallest absolute Gasteiger partial charge is 0.274 e. The molecule has 0 fully saturated rings. The van der Waals surface area contributed by atoms with Crippen LogP contribution in [-0.2, 0) is 0 Å². The standard InChI is InChI=1S/C24H17N7O2/c32-23(16-8-11-25-12-9-16)31-21-13-19-20(14-27-21)30-22(29-19)15-4-6-17(7-5-15)28-24(33)18-3-1-2-10-26-18/h1-14H,(H,28,33)(H,29,30)(H,27,31,32). The molecule has 3 N–H and O–H groups in total. The van der Waals surface area contributed by atoms with E-state index < -0.39 is 0 Å². The Hall–Kier alpha value is -4.92. The van der Waals surface area contributed by atoms with Gasteiger partial charge in [0.1, 0.15) is 17.3 Å². The quantitative estimate of drug-likeness (QED) is 0.384. The number of carbonyl (C=O) groups is 2. The highest BCUT2D eigenvalue weighted by Crippen LogP contribution is 2.23. The van der Waals surface area contributed by atoms with Gasteiger partial charge in [0.15, 0.2) is 0 Å². The molecule has 0 aliphatic heterocycles. The first kappa shape index (κ1) is 20.0. The van der Waals surface area contributed by atoms with E-state index >= 15 is 0 Å². The molecule has 0 unspecified atom stereocenters. The second-order valence-electron chi connectivity index (χ2n) is 7.11. The maximum Gasteiger partial charge on any atom is 0.274 e. The number of nitrogens with one attached hydrogen (secondary N) is 3. The average molecular weight is 435 g/mol. The molecule has 1 aromatic carbocycles. The van der Waals surface area contributed by atoms with Crippen LogP contribution >= 0.6 is 0 Å². The van der Waals surface area contributed by atoms with E-state index in [-0.39, 0.29) is 11.8 Å². The Bertz CT molecular complexity index is 1430. The number of carbonyl (C=O) groups excluding carboxylic acids is 2. The highest BCUT2D eigenvalue weighted by atomic mass is 16.2. The van der Waals surface area contributed by atoms with Gasteiger partial charge < -0.3 is 15.6 Å². The largest absolute Gasteiger partial charge is 0.337 e.